The minimum Gasteiger partial charge on any atom is -0.397 e. The maximum absolute atomic E-state index is 5.92. The summed E-state index contributed by atoms with van der Waals surface area (Å²) in [4.78, 5) is 0. The van der Waals surface area contributed by atoms with E-state index in [9.17, 15) is 0 Å². The standard InChI is InChI=1S/C13H28O4Si/c1-5-16-18(17-11-13(2,3)4)8-6-7-14-9-12-10-15-12/h12,18H,5-11H2,1-4H3. The molecule has 0 radical (unpaired) electrons. The molecule has 0 saturated carbocycles. The van der Waals surface area contributed by atoms with Crippen LogP contribution in [0.5, 0.6) is 0 Å². The summed E-state index contributed by atoms with van der Waals surface area (Å²) in [5.41, 5.74) is 0.210. The van der Waals surface area contributed by atoms with Gasteiger partial charge in [0.15, 0.2) is 0 Å². The highest BCUT2D eigenvalue weighted by molar-refractivity contribution is 6.44. The van der Waals surface area contributed by atoms with E-state index in [1.165, 1.54) is 0 Å². The van der Waals surface area contributed by atoms with E-state index in [0.717, 1.165) is 45.5 Å². The van der Waals surface area contributed by atoms with Crippen molar-refractivity contribution < 1.29 is 18.3 Å². The van der Waals surface area contributed by atoms with E-state index in [1.54, 1.807) is 0 Å². The van der Waals surface area contributed by atoms with Gasteiger partial charge in [0, 0.05) is 19.8 Å². The Morgan fingerprint density at radius 1 is 1.28 bits per heavy atom. The number of hydrogen-bond donors (Lipinski definition) is 0. The normalized spacial score (nSPS) is 21.0. The molecule has 1 aliphatic rings. The Kier molecular flexibility index (Phi) is 7.40. The molecule has 0 spiro atoms. The molecule has 0 N–H and O–H groups in total. The van der Waals surface area contributed by atoms with Gasteiger partial charge in [-0.3, -0.25) is 0 Å². The van der Waals surface area contributed by atoms with E-state index in [-0.39, 0.29) is 5.41 Å². The van der Waals surface area contributed by atoms with Gasteiger partial charge < -0.3 is 18.3 Å². The predicted molar refractivity (Wildman–Crippen MR) is 74.2 cm³/mol. The molecule has 1 heterocycles. The third-order valence-electron chi connectivity index (χ3n) is 2.49. The van der Waals surface area contributed by atoms with E-state index >= 15 is 0 Å². The summed E-state index contributed by atoms with van der Waals surface area (Å²) >= 11 is 0. The second-order valence-electron chi connectivity index (χ2n) is 5.93. The summed E-state index contributed by atoms with van der Waals surface area (Å²) in [7, 11) is -1.50. The van der Waals surface area contributed by atoms with Crippen LogP contribution in [0.1, 0.15) is 34.1 Å². The molecule has 5 heteroatoms. The van der Waals surface area contributed by atoms with Gasteiger partial charge >= 0.3 is 9.28 Å². The van der Waals surface area contributed by atoms with E-state index < -0.39 is 9.28 Å². The molecule has 1 fully saturated rings. The highest BCUT2D eigenvalue weighted by atomic mass is 28.3. The van der Waals surface area contributed by atoms with Crippen LogP contribution in [-0.4, -0.2) is 48.4 Å². The van der Waals surface area contributed by atoms with Gasteiger partial charge in [-0.05, 0) is 24.8 Å². The van der Waals surface area contributed by atoms with Crippen LogP contribution in [0.4, 0.5) is 0 Å². The quantitative estimate of drug-likeness (QED) is 0.348. The highest BCUT2D eigenvalue weighted by Gasteiger charge is 2.22. The van der Waals surface area contributed by atoms with E-state index in [4.69, 9.17) is 18.3 Å². The van der Waals surface area contributed by atoms with Crippen molar-refractivity contribution in [3.8, 4) is 0 Å². The van der Waals surface area contributed by atoms with Gasteiger partial charge in [-0.25, -0.2) is 0 Å². The largest absolute Gasteiger partial charge is 0.397 e. The van der Waals surface area contributed by atoms with Gasteiger partial charge in [-0.1, -0.05) is 20.8 Å². The van der Waals surface area contributed by atoms with Gasteiger partial charge in [0.1, 0.15) is 6.10 Å². The lowest BCUT2D eigenvalue weighted by Gasteiger charge is -2.23. The maximum atomic E-state index is 5.92. The second-order valence-corrected chi connectivity index (χ2v) is 8.03. The highest BCUT2D eigenvalue weighted by Crippen LogP contribution is 2.15. The average molecular weight is 276 g/mol. The molecule has 0 aromatic carbocycles. The fourth-order valence-electron chi connectivity index (χ4n) is 1.47. The molecule has 0 aromatic heterocycles. The van der Waals surface area contributed by atoms with Crippen LogP contribution in [0.15, 0.2) is 0 Å². The van der Waals surface area contributed by atoms with Crippen molar-refractivity contribution in [1.82, 2.24) is 0 Å². The second kappa shape index (κ2) is 8.27. The predicted octanol–water partition coefficient (Wildman–Crippen LogP) is 2.11. The number of epoxide rings is 1. The summed E-state index contributed by atoms with van der Waals surface area (Å²) in [6.45, 7) is 12.5. The summed E-state index contributed by atoms with van der Waals surface area (Å²) in [6.07, 6.45) is 1.38. The Morgan fingerprint density at radius 3 is 2.56 bits per heavy atom. The number of ether oxygens (including phenoxy) is 2. The smallest absolute Gasteiger partial charge is 0.321 e. The van der Waals surface area contributed by atoms with Crippen molar-refractivity contribution in [2.75, 3.05) is 33.0 Å². The van der Waals surface area contributed by atoms with Gasteiger partial charge in [0.2, 0.25) is 0 Å². The van der Waals surface area contributed by atoms with Crippen LogP contribution in [0, 0.1) is 5.41 Å². The van der Waals surface area contributed by atoms with Crippen molar-refractivity contribution in [3.05, 3.63) is 0 Å². The zero-order valence-corrected chi connectivity index (χ0v) is 13.4. The Labute approximate surface area is 113 Å². The summed E-state index contributed by atoms with van der Waals surface area (Å²) in [5, 5.41) is 0. The Hall–Kier alpha value is 0.0569. The zero-order valence-electron chi connectivity index (χ0n) is 12.2. The molecule has 4 nitrogen and oxygen atoms in total. The molecular weight excluding hydrogens is 248 g/mol. The SMILES string of the molecule is CCO[SiH](CCCOCC1CO1)OCC(C)(C)C. The molecule has 1 rings (SSSR count). The topological polar surface area (TPSA) is 40.2 Å². The minimum absolute atomic E-state index is 0.210. The number of hydrogen-bond acceptors (Lipinski definition) is 4. The molecule has 0 aromatic rings. The first-order valence-electron chi connectivity index (χ1n) is 6.94. The van der Waals surface area contributed by atoms with Crippen molar-refractivity contribution in [2.24, 2.45) is 5.41 Å². The van der Waals surface area contributed by atoms with Crippen molar-refractivity contribution in [1.29, 1.82) is 0 Å². The summed E-state index contributed by atoms with van der Waals surface area (Å²) in [5.74, 6) is 0. The third-order valence-corrected chi connectivity index (χ3v) is 4.61. The molecule has 0 aliphatic carbocycles. The van der Waals surface area contributed by atoms with Gasteiger partial charge in [0.05, 0.1) is 13.2 Å². The third kappa shape index (κ3) is 9.05. The fraction of sp³-hybridized carbons (Fsp3) is 1.00. The lowest BCUT2D eigenvalue weighted by atomic mass is 9.99. The zero-order chi connectivity index (χ0) is 13.4. The molecular formula is C13H28O4Si. The van der Waals surface area contributed by atoms with Crippen molar-refractivity contribution in [2.45, 2.75) is 46.3 Å². The Bertz CT molecular complexity index is 214. The number of rotatable bonds is 10. The fourth-order valence-corrected chi connectivity index (χ4v) is 3.46. The van der Waals surface area contributed by atoms with E-state index in [0.29, 0.717) is 6.10 Å². The molecule has 108 valence electrons. The van der Waals surface area contributed by atoms with Crippen molar-refractivity contribution >= 4 is 9.28 Å². The lowest BCUT2D eigenvalue weighted by Crippen LogP contribution is -2.28. The molecule has 2 unspecified atom stereocenters. The average Bonchev–Trinajstić information content (AvgIpc) is 3.08. The Balaban J connectivity index is 2.03. The van der Waals surface area contributed by atoms with E-state index in [1.807, 2.05) is 6.92 Å². The lowest BCUT2D eigenvalue weighted by molar-refractivity contribution is 0.111. The van der Waals surface area contributed by atoms with Gasteiger partial charge in [-0.2, -0.15) is 0 Å². The summed E-state index contributed by atoms with van der Waals surface area (Å²) < 4.78 is 22.2. The first kappa shape index (κ1) is 16.1. The first-order valence-corrected chi connectivity index (χ1v) is 8.70. The van der Waals surface area contributed by atoms with Gasteiger partial charge in [-0.15, -0.1) is 0 Å². The molecule has 0 bridgehead atoms. The maximum Gasteiger partial charge on any atom is 0.321 e. The van der Waals surface area contributed by atoms with Gasteiger partial charge in [0.25, 0.3) is 0 Å². The van der Waals surface area contributed by atoms with Crippen LogP contribution in [-0.2, 0) is 18.3 Å². The molecule has 2 atom stereocenters. The molecule has 1 saturated heterocycles. The van der Waals surface area contributed by atoms with Crippen LogP contribution < -0.4 is 0 Å². The van der Waals surface area contributed by atoms with Crippen LogP contribution in [0.25, 0.3) is 0 Å². The molecule has 0 amide bonds. The minimum atomic E-state index is -1.50. The Morgan fingerprint density at radius 2 is 2.00 bits per heavy atom. The van der Waals surface area contributed by atoms with Crippen LogP contribution in [0.2, 0.25) is 6.04 Å². The first-order chi connectivity index (χ1) is 8.51. The molecule has 18 heavy (non-hydrogen) atoms. The van der Waals surface area contributed by atoms with E-state index in [2.05, 4.69) is 20.8 Å². The summed E-state index contributed by atoms with van der Waals surface area (Å²) in [6, 6.07) is 1.02. The van der Waals surface area contributed by atoms with Crippen molar-refractivity contribution in [3.63, 3.8) is 0 Å². The van der Waals surface area contributed by atoms with Crippen LogP contribution in [0.3, 0.4) is 0 Å². The molecule has 1 aliphatic heterocycles. The monoisotopic (exact) mass is 276 g/mol. The van der Waals surface area contributed by atoms with Crippen LogP contribution >= 0.6 is 0 Å².